The Hall–Kier alpha value is -1.61. The van der Waals surface area contributed by atoms with Crippen LogP contribution in [0.3, 0.4) is 0 Å². The molecule has 1 aliphatic carbocycles. The van der Waals surface area contributed by atoms with Crippen molar-refractivity contribution in [2.75, 3.05) is 6.61 Å². The monoisotopic (exact) mass is 327 g/mol. The Morgan fingerprint density at radius 1 is 1.21 bits per heavy atom. The molecule has 130 valence electrons. The minimum absolute atomic E-state index is 0.0936. The van der Waals surface area contributed by atoms with Gasteiger partial charge in [0, 0.05) is 35.6 Å². The number of aliphatic hydroxyl groups excluding tert-OH is 1. The summed E-state index contributed by atoms with van der Waals surface area (Å²) in [7, 11) is 0. The first-order valence-corrected chi connectivity index (χ1v) is 9.49. The van der Waals surface area contributed by atoms with Crippen molar-refractivity contribution in [3.05, 3.63) is 35.5 Å². The Balaban J connectivity index is 1.93. The molecule has 0 saturated heterocycles. The molecule has 1 aliphatic rings. The van der Waals surface area contributed by atoms with Crippen molar-refractivity contribution >= 4 is 16.7 Å². The summed E-state index contributed by atoms with van der Waals surface area (Å²) in [5, 5.41) is 10.4. The van der Waals surface area contributed by atoms with Crippen molar-refractivity contribution in [3.8, 4) is 0 Å². The second-order valence-electron chi connectivity index (χ2n) is 7.11. The summed E-state index contributed by atoms with van der Waals surface area (Å²) in [5.74, 6) is 0.828. The quantitative estimate of drug-likeness (QED) is 0.615. The molecule has 1 fully saturated rings. The number of ketones is 1. The topological polar surface area (TPSA) is 42.2 Å². The number of benzene rings is 1. The van der Waals surface area contributed by atoms with Crippen LogP contribution in [0.4, 0.5) is 0 Å². The number of hydrogen-bond acceptors (Lipinski definition) is 2. The number of hydrogen-bond donors (Lipinski definition) is 1. The number of carbonyl (C=O) groups is 1. The zero-order valence-electron chi connectivity index (χ0n) is 14.8. The maximum Gasteiger partial charge on any atom is 0.165 e. The van der Waals surface area contributed by atoms with Crippen LogP contribution >= 0.6 is 0 Å². The summed E-state index contributed by atoms with van der Waals surface area (Å²) in [6.07, 6.45) is 11.1. The van der Waals surface area contributed by atoms with Crippen molar-refractivity contribution < 1.29 is 9.90 Å². The number of aryl methyl sites for hydroxylation is 1. The number of nitrogens with zero attached hydrogens (tertiary/aromatic N) is 1. The number of rotatable bonds is 6. The van der Waals surface area contributed by atoms with E-state index in [-0.39, 0.29) is 12.4 Å². The summed E-state index contributed by atoms with van der Waals surface area (Å²) in [5.41, 5.74) is 3.17. The van der Waals surface area contributed by atoms with Crippen LogP contribution in [0.1, 0.15) is 67.8 Å². The van der Waals surface area contributed by atoms with E-state index in [1.165, 1.54) is 44.1 Å². The molecule has 3 heteroatoms. The number of Topliss-reactive ketones (excluding diaryl/α,β-unsaturated/α-hetero) is 1. The highest BCUT2D eigenvalue weighted by molar-refractivity contribution is 6.09. The van der Waals surface area contributed by atoms with E-state index in [2.05, 4.69) is 25.1 Å². The van der Waals surface area contributed by atoms with E-state index in [1.54, 1.807) is 0 Å². The molecule has 0 amide bonds. The lowest BCUT2D eigenvalue weighted by molar-refractivity contribution is 0.0958. The molecule has 0 bridgehead atoms. The van der Waals surface area contributed by atoms with Crippen LogP contribution in [-0.2, 0) is 13.0 Å². The Labute approximate surface area is 144 Å². The van der Waals surface area contributed by atoms with Gasteiger partial charge in [-0.1, -0.05) is 57.6 Å². The van der Waals surface area contributed by atoms with Crippen LogP contribution in [-0.4, -0.2) is 22.1 Å². The molecule has 1 aromatic carbocycles. The maximum absolute atomic E-state index is 13.0. The van der Waals surface area contributed by atoms with Crippen LogP contribution in [0, 0.1) is 5.92 Å². The van der Waals surface area contributed by atoms with Gasteiger partial charge < -0.3 is 9.67 Å². The normalized spacial score (nSPS) is 16.4. The van der Waals surface area contributed by atoms with Gasteiger partial charge >= 0.3 is 0 Å². The average Bonchev–Trinajstić information content (AvgIpc) is 2.78. The third-order valence-corrected chi connectivity index (χ3v) is 5.46. The maximum atomic E-state index is 13.0. The third-order valence-electron chi connectivity index (χ3n) is 5.46. The van der Waals surface area contributed by atoms with Crippen molar-refractivity contribution in [3.63, 3.8) is 0 Å². The van der Waals surface area contributed by atoms with Gasteiger partial charge in [0.1, 0.15) is 0 Å². The summed E-state index contributed by atoms with van der Waals surface area (Å²) in [4.78, 5) is 13.0. The smallest absolute Gasteiger partial charge is 0.165 e. The zero-order valence-corrected chi connectivity index (χ0v) is 14.8. The van der Waals surface area contributed by atoms with Crippen LogP contribution in [0.15, 0.2) is 24.4 Å². The highest BCUT2D eigenvalue weighted by Gasteiger charge is 2.21. The second kappa shape index (κ2) is 7.98. The van der Waals surface area contributed by atoms with Crippen LogP contribution in [0.25, 0.3) is 10.9 Å². The molecule has 1 N–H and O–H groups in total. The van der Waals surface area contributed by atoms with E-state index in [4.69, 9.17) is 0 Å². The van der Waals surface area contributed by atoms with E-state index >= 15 is 0 Å². The summed E-state index contributed by atoms with van der Waals surface area (Å²) >= 11 is 0. The van der Waals surface area contributed by atoms with Crippen molar-refractivity contribution in [1.82, 2.24) is 4.57 Å². The van der Waals surface area contributed by atoms with Crippen molar-refractivity contribution in [2.45, 2.75) is 64.8 Å². The van der Waals surface area contributed by atoms with Gasteiger partial charge in [-0.25, -0.2) is 0 Å². The fourth-order valence-corrected chi connectivity index (χ4v) is 4.17. The van der Waals surface area contributed by atoms with Gasteiger partial charge in [0.15, 0.2) is 5.78 Å². The van der Waals surface area contributed by atoms with Gasteiger partial charge in [0.25, 0.3) is 0 Å². The first-order valence-electron chi connectivity index (χ1n) is 9.49. The van der Waals surface area contributed by atoms with Gasteiger partial charge in [-0.15, -0.1) is 0 Å². The fraction of sp³-hybridized carbons (Fsp3) is 0.571. The molecule has 0 atom stereocenters. The molecule has 3 nitrogen and oxygen atoms in total. The predicted octanol–water partition coefficient (Wildman–Crippen LogP) is 4.74. The molecular weight excluding hydrogens is 298 g/mol. The van der Waals surface area contributed by atoms with E-state index in [1.807, 2.05) is 10.8 Å². The van der Waals surface area contributed by atoms with Gasteiger partial charge in [0.05, 0.1) is 6.61 Å². The van der Waals surface area contributed by atoms with Crippen molar-refractivity contribution in [1.29, 1.82) is 0 Å². The standard InChI is InChI=1S/C21H29NO2/c1-2-17-10-7-11-19-21(17)18(15-22(19)12-13-23)20(24)14-16-8-5-3-4-6-9-16/h7,10-11,15-16,23H,2-6,8-9,12-14H2,1H3. The molecule has 2 aromatic rings. The number of fused-ring (bicyclic) bond motifs is 1. The highest BCUT2D eigenvalue weighted by Crippen LogP contribution is 2.31. The van der Waals surface area contributed by atoms with Gasteiger partial charge in [-0.2, -0.15) is 0 Å². The summed E-state index contributed by atoms with van der Waals surface area (Å²) in [6, 6.07) is 6.23. The molecule has 0 spiro atoms. The van der Waals surface area contributed by atoms with Crippen molar-refractivity contribution in [2.24, 2.45) is 5.92 Å². The zero-order chi connectivity index (χ0) is 16.9. The number of carbonyl (C=O) groups excluding carboxylic acids is 1. The second-order valence-corrected chi connectivity index (χ2v) is 7.11. The van der Waals surface area contributed by atoms with Crippen LogP contribution in [0.2, 0.25) is 0 Å². The molecule has 24 heavy (non-hydrogen) atoms. The van der Waals surface area contributed by atoms with E-state index in [0.29, 0.717) is 18.9 Å². The first kappa shape index (κ1) is 17.2. The Morgan fingerprint density at radius 3 is 2.62 bits per heavy atom. The van der Waals surface area contributed by atoms with Gasteiger partial charge in [-0.3, -0.25) is 4.79 Å². The van der Waals surface area contributed by atoms with E-state index < -0.39 is 0 Å². The average molecular weight is 327 g/mol. The predicted molar refractivity (Wildman–Crippen MR) is 98.5 cm³/mol. The largest absolute Gasteiger partial charge is 0.395 e. The van der Waals surface area contributed by atoms with E-state index in [9.17, 15) is 9.90 Å². The highest BCUT2D eigenvalue weighted by atomic mass is 16.3. The lowest BCUT2D eigenvalue weighted by Crippen LogP contribution is -2.08. The summed E-state index contributed by atoms with van der Waals surface area (Å²) in [6.45, 7) is 2.77. The molecule has 0 aliphatic heterocycles. The first-order chi connectivity index (χ1) is 11.7. The molecule has 0 unspecified atom stereocenters. The molecular formula is C21H29NO2. The fourth-order valence-electron chi connectivity index (χ4n) is 4.17. The number of aromatic nitrogens is 1. The minimum atomic E-state index is 0.0936. The van der Waals surface area contributed by atoms with Crippen LogP contribution in [0.5, 0.6) is 0 Å². The SMILES string of the molecule is CCc1cccc2c1c(C(=O)CC1CCCCCC1)cn2CCO. The van der Waals surface area contributed by atoms with E-state index in [0.717, 1.165) is 22.9 Å². The summed E-state index contributed by atoms with van der Waals surface area (Å²) < 4.78 is 2.04. The Morgan fingerprint density at radius 2 is 1.96 bits per heavy atom. The van der Waals surface area contributed by atoms with Crippen LogP contribution < -0.4 is 0 Å². The lowest BCUT2D eigenvalue weighted by Gasteiger charge is -2.12. The lowest BCUT2D eigenvalue weighted by atomic mass is 9.91. The number of aliphatic hydroxyl groups is 1. The molecule has 1 saturated carbocycles. The molecule has 0 radical (unpaired) electrons. The third kappa shape index (κ3) is 3.56. The Bertz CT molecular complexity index is 693. The minimum Gasteiger partial charge on any atom is -0.395 e. The van der Waals surface area contributed by atoms with Gasteiger partial charge in [0.2, 0.25) is 0 Å². The molecule has 1 heterocycles. The molecule has 1 aromatic heterocycles. The molecule has 3 rings (SSSR count). The van der Waals surface area contributed by atoms with Gasteiger partial charge in [-0.05, 0) is 24.0 Å². The Kier molecular flexibility index (Phi) is 5.72.